The molecule has 1 fully saturated rings. The number of amidine groups is 1. The molecule has 3 heterocycles. The number of aromatic carboxylic acids is 1. The quantitative estimate of drug-likeness (QED) is 0.893. The van der Waals surface area contributed by atoms with Gasteiger partial charge < -0.3 is 10.0 Å². The molecular formula is C18H14F3N3O2. The van der Waals surface area contributed by atoms with Crippen molar-refractivity contribution in [1.29, 1.82) is 0 Å². The van der Waals surface area contributed by atoms with Gasteiger partial charge in [0.05, 0.1) is 30.4 Å². The van der Waals surface area contributed by atoms with Crippen molar-refractivity contribution in [2.24, 2.45) is 4.99 Å². The molecule has 0 bridgehead atoms. The van der Waals surface area contributed by atoms with Gasteiger partial charge in [0.15, 0.2) is 0 Å². The molecule has 26 heavy (non-hydrogen) atoms. The SMILES string of the molecule is O=C(O)c1cnc2c(c1)C(N1C[C@@H](F)C[C@@H]1c1cc(F)ccc1F)=NC2. The van der Waals surface area contributed by atoms with Crippen LogP contribution in [0.3, 0.4) is 0 Å². The van der Waals surface area contributed by atoms with E-state index < -0.39 is 29.8 Å². The Morgan fingerprint density at radius 3 is 2.85 bits per heavy atom. The van der Waals surface area contributed by atoms with Crippen LogP contribution in [0.4, 0.5) is 13.2 Å². The van der Waals surface area contributed by atoms with Crippen molar-refractivity contribution in [1.82, 2.24) is 9.88 Å². The molecule has 2 aromatic rings. The van der Waals surface area contributed by atoms with Gasteiger partial charge in [-0.2, -0.15) is 0 Å². The lowest BCUT2D eigenvalue weighted by molar-refractivity contribution is 0.0696. The standard InChI is InChI=1S/C18H14F3N3O2/c19-10-1-2-14(21)12(4-10)16-5-11(20)8-24(16)17-13-3-9(18(25)26)6-22-15(13)7-23-17/h1-4,6,11,16H,5,7-8H2,(H,25,26)/t11-,16+/m0/s1. The molecule has 1 N–H and O–H groups in total. The van der Waals surface area contributed by atoms with E-state index in [1.54, 1.807) is 4.90 Å². The van der Waals surface area contributed by atoms with E-state index in [-0.39, 0.29) is 30.6 Å². The van der Waals surface area contributed by atoms with Gasteiger partial charge >= 0.3 is 5.97 Å². The fourth-order valence-corrected chi connectivity index (χ4v) is 3.49. The summed E-state index contributed by atoms with van der Waals surface area (Å²) in [5, 5.41) is 9.16. The number of carboxylic acids is 1. The Balaban J connectivity index is 1.75. The van der Waals surface area contributed by atoms with Crippen LogP contribution in [0.2, 0.25) is 0 Å². The number of carboxylic acid groups (broad SMARTS) is 1. The second-order valence-electron chi connectivity index (χ2n) is 6.33. The van der Waals surface area contributed by atoms with Crippen LogP contribution >= 0.6 is 0 Å². The highest BCUT2D eigenvalue weighted by Gasteiger charge is 2.39. The fourth-order valence-electron chi connectivity index (χ4n) is 3.49. The zero-order chi connectivity index (χ0) is 18.4. The minimum Gasteiger partial charge on any atom is -0.478 e. The molecule has 5 nitrogen and oxygen atoms in total. The minimum absolute atomic E-state index is 0.000770. The van der Waals surface area contributed by atoms with Crippen LogP contribution < -0.4 is 0 Å². The van der Waals surface area contributed by atoms with Crippen molar-refractivity contribution >= 4 is 11.8 Å². The van der Waals surface area contributed by atoms with E-state index in [4.69, 9.17) is 5.11 Å². The molecule has 0 amide bonds. The van der Waals surface area contributed by atoms with Crippen LogP contribution in [0, 0.1) is 11.6 Å². The van der Waals surface area contributed by atoms with Crippen molar-refractivity contribution in [2.75, 3.05) is 6.54 Å². The highest BCUT2D eigenvalue weighted by Crippen LogP contribution is 2.38. The number of alkyl halides is 1. The van der Waals surface area contributed by atoms with Gasteiger partial charge in [0.2, 0.25) is 0 Å². The third kappa shape index (κ3) is 2.71. The van der Waals surface area contributed by atoms with E-state index >= 15 is 0 Å². The molecule has 2 atom stereocenters. The molecule has 2 aliphatic heterocycles. The van der Waals surface area contributed by atoms with Gasteiger partial charge in [-0.05, 0) is 24.3 Å². The second kappa shape index (κ2) is 6.12. The summed E-state index contributed by atoms with van der Waals surface area (Å²) < 4.78 is 42.0. The van der Waals surface area contributed by atoms with Gasteiger partial charge in [0.25, 0.3) is 0 Å². The Morgan fingerprint density at radius 2 is 2.08 bits per heavy atom. The number of halogens is 3. The zero-order valence-corrected chi connectivity index (χ0v) is 13.5. The molecule has 2 aliphatic rings. The molecule has 0 aliphatic carbocycles. The molecule has 0 spiro atoms. The fraction of sp³-hybridized carbons (Fsp3) is 0.278. The van der Waals surface area contributed by atoms with Gasteiger partial charge in [-0.15, -0.1) is 0 Å². The zero-order valence-electron chi connectivity index (χ0n) is 13.5. The number of nitrogens with zero attached hydrogens (tertiary/aromatic N) is 3. The van der Waals surface area contributed by atoms with Crippen LogP contribution in [0.15, 0.2) is 35.5 Å². The first-order valence-corrected chi connectivity index (χ1v) is 8.06. The van der Waals surface area contributed by atoms with Gasteiger partial charge in [-0.25, -0.2) is 18.0 Å². The monoisotopic (exact) mass is 361 g/mol. The minimum atomic E-state index is -1.23. The predicted octanol–water partition coefficient (Wildman–Crippen LogP) is 3.10. The van der Waals surface area contributed by atoms with Gasteiger partial charge in [0.1, 0.15) is 23.6 Å². The van der Waals surface area contributed by atoms with E-state index in [0.717, 1.165) is 18.2 Å². The molecule has 4 rings (SSSR count). The molecular weight excluding hydrogens is 347 g/mol. The lowest BCUT2D eigenvalue weighted by Crippen LogP contribution is -2.32. The normalized spacial score (nSPS) is 21.7. The van der Waals surface area contributed by atoms with Crippen molar-refractivity contribution in [3.8, 4) is 0 Å². The molecule has 1 aromatic heterocycles. The van der Waals surface area contributed by atoms with E-state index in [0.29, 0.717) is 17.1 Å². The number of fused-ring (bicyclic) bond motifs is 1. The highest BCUT2D eigenvalue weighted by molar-refractivity contribution is 6.03. The smallest absolute Gasteiger partial charge is 0.337 e. The number of benzene rings is 1. The molecule has 0 unspecified atom stereocenters. The first-order chi connectivity index (χ1) is 12.4. The van der Waals surface area contributed by atoms with Crippen LogP contribution in [0.25, 0.3) is 0 Å². The number of aliphatic imine (C=N–C) groups is 1. The Morgan fingerprint density at radius 1 is 1.27 bits per heavy atom. The average Bonchev–Trinajstić information content (AvgIpc) is 3.19. The van der Waals surface area contributed by atoms with Crippen molar-refractivity contribution in [3.63, 3.8) is 0 Å². The molecule has 0 saturated carbocycles. The third-order valence-electron chi connectivity index (χ3n) is 4.68. The molecule has 0 radical (unpaired) electrons. The lowest BCUT2D eigenvalue weighted by Gasteiger charge is -2.27. The summed E-state index contributed by atoms with van der Waals surface area (Å²) in [6, 6.07) is 3.80. The number of aromatic nitrogens is 1. The number of pyridine rings is 1. The Kier molecular flexibility index (Phi) is 3.90. The van der Waals surface area contributed by atoms with Crippen LogP contribution in [-0.2, 0) is 6.54 Å². The largest absolute Gasteiger partial charge is 0.478 e. The third-order valence-corrected chi connectivity index (χ3v) is 4.68. The Bertz CT molecular complexity index is 932. The Hall–Kier alpha value is -2.90. The first kappa shape index (κ1) is 16.6. The van der Waals surface area contributed by atoms with Crippen molar-refractivity contribution < 1.29 is 23.1 Å². The summed E-state index contributed by atoms with van der Waals surface area (Å²) in [4.78, 5) is 21.2. The maximum atomic E-state index is 14.2. The van der Waals surface area contributed by atoms with Crippen LogP contribution in [0.1, 0.15) is 39.6 Å². The molecule has 134 valence electrons. The summed E-state index contributed by atoms with van der Waals surface area (Å²) in [5.41, 5.74) is 1.11. The maximum absolute atomic E-state index is 14.2. The van der Waals surface area contributed by atoms with E-state index in [1.807, 2.05) is 0 Å². The predicted molar refractivity (Wildman–Crippen MR) is 86.8 cm³/mol. The second-order valence-corrected chi connectivity index (χ2v) is 6.33. The first-order valence-electron chi connectivity index (χ1n) is 8.06. The average molecular weight is 361 g/mol. The number of carbonyl (C=O) groups is 1. The van der Waals surface area contributed by atoms with Crippen LogP contribution in [-0.4, -0.2) is 39.5 Å². The van der Waals surface area contributed by atoms with Crippen molar-refractivity contribution in [2.45, 2.75) is 25.2 Å². The highest BCUT2D eigenvalue weighted by atomic mass is 19.1. The molecule has 1 saturated heterocycles. The molecule has 1 aromatic carbocycles. The van der Waals surface area contributed by atoms with E-state index in [2.05, 4.69) is 9.98 Å². The summed E-state index contributed by atoms with van der Waals surface area (Å²) in [6.45, 7) is 0.201. The van der Waals surface area contributed by atoms with E-state index in [9.17, 15) is 18.0 Å². The van der Waals surface area contributed by atoms with Gasteiger partial charge in [-0.1, -0.05) is 0 Å². The number of likely N-dealkylation sites (tertiary alicyclic amines) is 1. The van der Waals surface area contributed by atoms with Gasteiger partial charge in [0, 0.05) is 23.7 Å². The summed E-state index contributed by atoms with van der Waals surface area (Å²) >= 11 is 0. The summed E-state index contributed by atoms with van der Waals surface area (Å²) in [5.74, 6) is -1.99. The van der Waals surface area contributed by atoms with Crippen molar-refractivity contribution in [3.05, 3.63) is 64.5 Å². The summed E-state index contributed by atoms with van der Waals surface area (Å²) in [7, 11) is 0. The topological polar surface area (TPSA) is 65.8 Å². The maximum Gasteiger partial charge on any atom is 0.337 e. The number of hydrogen-bond acceptors (Lipinski definition) is 4. The summed E-state index contributed by atoms with van der Waals surface area (Å²) in [6.07, 6.45) is 0.0107. The number of hydrogen-bond donors (Lipinski definition) is 1. The van der Waals surface area contributed by atoms with E-state index in [1.165, 1.54) is 12.3 Å². The van der Waals surface area contributed by atoms with Gasteiger partial charge in [-0.3, -0.25) is 9.98 Å². The molecule has 8 heteroatoms. The Labute approximate surface area is 146 Å². The van der Waals surface area contributed by atoms with Crippen LogP contribution in [0.5, 0.6) is 0 Å². The lowest BCUT2D eigenvalue weighted by atomic mass is 10.0. The number of rotatable bonds is 2.